The Balaban J connectivity index is 1.71. The first-order valence-electron chi connectivity index (χ1n) is 9.89. The number of amides is 2. The second-order valence-electron chi connectivity index (χ2n) is 7.11. The first-order chi connectivity index (χ1) is 13.9. The summed E-state index contributed by atoms with van der Waals surface area (Å²) in [6, 6.07) is 7.30. The van der Waals surface area contributed by atoms with Crippen LogP contribution in [0.4, 0.5) is 5.69 Å². The molecule has 1 aromatic carbocycles. The third kappa shape index (κ3) is 7.27. The first kappa shape index (κ1) is 23.1. The number of nitrogens with zero attached hydrogens (tertiary/aromatic N) is 1. The van der Waals surface area contributed by atoms with Crippen LogP contribution in [0.15, 0.2) is 24.3 Å². The van der Waals surface area contributed by atoms with Gasteiger partial charge in [0, 0.05) is 13.1 Å². The predicted molar refractivity (Wildman–Crippen MR) is 114 cm³/mol. The van der Waals surface area contributed by atoms with Gasteiger partial charge < -0.3 is 19.7 Å². The second kappa shape index (κ2) is 11.7. The number of carbonyl (C=O) groups excluding carboxylic acids is 3. The Morgan fingerprint density at radius 3 is 2.55 bits per heavy atom. The number of esters is 1. The van der Waals surface area contributed by atoms with Crippen molar-refractivity contribution in [3.63, 3.8) is 0 Å². The summed E-state index contributed by atoms with van der Waals surface area (Å²) in [4.78, 5) is 38.4. The summed E-state index contributed by atoms with van der Waals surface area (Å²) >= 11 is 1.21. The maximum Gasteiger partial charge on any atom is 0.316 e. The van der Waals surface area contributed by atoms with E-state index in [0.717, 1.165) is 25.7 Å². The lowest BCUT2D eigenvalue weighted by Crippen LogP contribution is -2.39. The van der Waals surface area contributed by atoms with Crippen LogP contribution in [0.1, 0.15) is 39.0 Å². The fourth-order valence-corrected chi connectivity index (χ4v) is 3.98. The van der Waals surface area contributed by atoms with E-state index in [0.29, 0.717) is 17.5 Å². The number of hydrogen-bond acceptors (Lipinski definition) is 6. The minimum atomic E-state index is -0.950. The zero-order chi connectivity index (χ0) is 21.2. The van der Waals surface area contributed by atoms with Gasteiger partial charge in [0.15, 0.2) is 6.10 Å². The number of carbonyl (C=O) groups is 3. The quantitative estimate of drug-likeness (QED) is 0.616. The van der Waals surface area contributed by atoms with E-state index in [-0.39, 0.29) is 17.4 Å². The van der Waals surface area contributed by atoms with Crippen LogP contribution in [0.5, 0.6) is 5.75 Å². The summed E-state index contributed by atoms with van der Waals surface area (Å²) in [6.07, 6.45) is 4.71. The van der Waals surface area contributed by atoms with E-state index in [1.807, 2.05) is 7.05 Å². The topological polar surface area (TPSA) is 84.9 Å². The molecule has 1 fully saturated rings. The summed E-state index contributed by atoms with van der Waals surface area (Å²) in [5.74, 6) is -0.167. The number of methoxy groups -OCH3 is 1. The highest BCUT2D eigenvalue weighted by molar-refractivity contribution is 8.00. The van der Waals surface area contributed by atoms with Crippen LogP contribution in [0.25, 0.3) is 0 Å². The van der Waals surface area contributed by atoms with Gasteiger partial charge >= 0.3 is 5.97 Å². The van der Waals surface area contributed by atoms with Gasteiger partial charge in [-0.15, -0.1) is 11.8 Å². The Labute approximate surface area is 176 Å². The van der Waals surface area contributed by atoms with Crippen LogP contribution in [0.2, 0.25) is 0 Å². The maximum atomic E-state index is 12.3. The van der Waals surface area contributed by atoms with E-state index in [2.05, 4.69) is 5.32 Å². The maximum absolute atomic E-state index is 12.3. The van der Waals surface area contributed by atoms with E-state index in [1.54, 1.807) is 29.2 Å². The number of para-hydroxylation sites is 2. The fourth-order valence-electron chi connectivity index (χ4n) is 3.26. The van der Waals surface area contributed by atoms with Gasteiger partial charge in [0.1, 0.15) is 5.75 Å². The Morgan fingerprint density at radius 1 is 1.17 bits per heavy atom. The lowest BCUT2D eigenvalue weighted by molar-refractivity contribution is -0.150. The van der Waals surface area contributed by atoms with E-state index in [4.69, 9.17) is 9.47 Å². The highest BCUT2D eigenvalue weighted by Gasteiger charge is 2.23. The monoisotopic (exact) mass is 422 g/mol. The molecular weight excluding hydrogens is 392 g/mol. The Bertz CT molecular complexity index is 706. The van der Waals surface area contributed by atoms with Gasteiger partial charge in [-0.2, -0.15) is 0 Å². The smallest absolute Gasteiger partial charge is 0.316 e. The van der Waals surface area contributed by atoms with Crippen molar-refractivity contribution < 1.29 is 23.9 Å². The standard InChI is InChI=1S/C21H30N2O5S/c1-15(21(26)22-17-11-7-8-12-18(17)27-3)28-20(25)14-29-13-19(24)23(2)16-9-5-4-6-10-16/h7-8,11-12,15-16H,4-6,9-10,13-14H2,1-3H3,(H,22,26)/t15-/m0/s1. The summed E-state index contributed by atoms with van der Waals surface area (Å²) < 4.78 is 10.4. The van der Waals surface area contributed by atoms with Crippen LogP contribution in [-0.2, 0) is 19.1 Å². The molecule has 1 N–H and O–H groups in total. The summed E-state index contributed by atoms with van der Waals surface area (Å²) in [5, 5.41) is 2.68. The molecule has 1 saturated carbocycles. The van der Waals surface area contributed by atoms with Crippen LogP contribution < -0.4 is 10.1 Å². The Hall–Kier alpha value is -2.22. The molecular formula is C21H30N2O5S. The average molecular weight is 423 g/mol. The molecule has 160 valence electrons. The van der Waals surface area contributed by atoms with Crippen LogP contribution in [0, 0.1) is 0 Å². The highest BCUT2D eigenvalue weighted by atomic mass is 32.2. The van der Waals surface area contributed by atoms with Gasteiger partial charge in [0.25, 0.3) is 5.91 Å². The van der Waals surface area contributed by atoms with Crippen molar-refractivity contribution in [2.24, 2.45) is 0 Å². The molecule has 2 rings (SSSR count). The van der Waals surface area contributed by atoms with Gasteiger partial charge in [0.2, 0.25) is 5.91 Å². The summed E-state index contributed by atoms with van der Waals surface area (Å²) in [5.41, 5.74) is 0.508. The molecule has 2 amide bonds. The third-order valence-electron chi connectivity index (χ3n) is 5.00. The summed E-state index contributed by atoms with van der Waals surface area (Å²) in [6.45, 7) is 1.51. The molecule has 1 aromatic rings. The van der Waals surface area contributed by atoms with Crippen molar-refractivity contribution in [1.29, 1.82) is 0 Å². The number of thioether (sulfide) groups is 1. The zero-order valence-electron chi connectivity index (χ0n) is 17.3. The largest absolute Gasteiger partial charge is 0.495 e. The molecule has 1 aliphatic carbocycles. The molecule has 1 aliphatic rings. The van der Waals surface area contributed by atoms with Crippen molar-refractivity contribution in [3.8, 4) is 5.75 Å². The normalized spacial score (nSPS) is 15.3. The fraction of sp³-hybridized carbons (Fsp3) is 0.571. The zero-order valence-corrected chi connectivity index (χ0v) is 18.1. The molecule has 0 radical (unpaired) electrons. The molecule has 0 unspecified atom stereocenters. The minimum Gasteiger partial charge on any atom is -0.495 e. The molecule has 8 heteroatoms. The number of hydrogen-bond donors (Lipinski definition) is 1. The van der Waals surface area contributed by atoms with Crippen molar-refractivity contribution in [1.82, 2.24) is 4.90 Å². The van der Waals surface area contributed by atoms with Crippen molar-refractivity contribution in [3.05, 3.63) is 24.3 Å². The van der Waals surface area contributed by atoms with Crippen molar-refractivity contribution in [2.45, 2.75) is 51.2 Å². The molecule has 0 aliphatic heterocycles. The molecule has 0 bridgehead atoms. The van der Waals surface area contributed by atoms with E-state index < -0.39 is 18.0 Å². The highest BCUT2D eigenvalue weighted by Crippen LogP contribution is 2.24. The van der Waals surface area contributed by atoms with Gasteiger partial charge in [-0.1, -0.05) is 31.4 Å². The molecule has 29 heavy (non-hydrogen) atoms. The van der Waals surface area contributed by atoms with Gasteiger partial charge in [-0.25, -0.2) is 0 Å². The van der Waals surface area contributed by atoms with Gasteiger partial charge in [0.05, 0.1) is 24.3 Å². The Morgan fingerprint density at radius 2 is 1.86 bits per heavy atom. The average Bonchev–Trinajstić information content (AvgIpc) is 2.74. The third-order valence-corrected chi connectivity index (χ3v) is 5.89. The molecule has 0 saturated heterocycles. The SMILES string of the molecule is COc1ccccc1NC(=O)[C@H](C)OC(=O)CSCC(=O)N(C)C1CCCCC1. The number of anilines is 1. The van der Waals surface area contributed by atoms with Crippen LogP contribution >= 0.6 is 11.8 Å². The van der Waals surface area contributed by atoms with E-state index in [9.17, 15) is 14.4 Å². The minimum absolute atomic E-state index is 0.0243. The lowest BCUT2D eigenvalue weighted by atomic mass is 9.94. The molecule has 7 nitrogen and oxygen atoms in total. The van der Waals surface area contributed by atoms with E-state index >= 15 is 0 Å². The number of nitrogens with one attached hydrogen (secondary N) is 1. The van der Waals surface area contributed by atoms with Gasteiger partial charge in [-0.3, -0.25) is 14.4 Å². The molecule has 0 spiro atoms. The molecule has 0 aromatic heterocycles. The number of benzene rings is 1. The molecule has 0 heterocycles. The first-order valence-corrected chi connectivity index (χ1v) is 11.0. The number of rotatable bonds is 9. The Kier molecular flexibility index (Phi) is 9.31. The summed E-state index contributed by atoms with van der Waals surface area (Å²) in [7, 11) is 3.35. The molecule has 1 atom stereocenters. The van der Waals surface area contributed by atoms with Crippen molar-refractivity contribution in [2.75, 3.05) is 31.0 Å². The lowest BCUT2D eigenvalue weighted by Gasteiger charge is -2.31. The van der Waals surface area contributed by atoms with E-state index in [1.165, 1.54) is 32.2 Å². The predicted octanol–water partition coefficient (Wildman–Crippen LogP) is 3.09. The van der Waals surface area contributed by atoms with Crippen molar-refractivity contribution >= 4 is 35.2 Å². The number of ether oxygens (including phenoxy) is 2. The second-order valence-corrected chi connectivity index (χ2v) is 8.10. The van der Waals surface area contributed by atoms with Crippen LogP contribution in [-0.4, -0.2) is 60.5 Å². The van der Waals surface area contributed by atoms with Crippen LogP contribution in [0.3, 0.4) is 0 Å². The van der Waals surface area contributed by atoms with Gasteiger partial charge in [-0.05, 0) is 31.9 Å².